The zero-order chi connectivity index (χ0) is 15.3. The van der Waals surface area contributed by atoms with Crippen molar-refractivity contribution < 1.29 is 8.78 Å². The smallest absolute Gasteiger partial charge is 0.168 e. The molecule has 0 radical (unpaired) electrons. The maximum Gasteiger partial charge on any atom is 0.168 e. The summed E-state index contributed by atoms with van der Waals surface area (Å²) in [7, 11) is 0. The van der Waals surface area contributed by atoms with E-state index in [9.17, 15) is 8.78 Å². The number of aromatic nitrogens is 1. The molecule has 0 aromatic carbocycles. The molecule has 1 aliphatic carbocycles. The molecule has 1 aliphatic rings. The van der Waals surface area contributed by atoms with Crippen molar-refractivity contribution in [2.24, 2.45) is 5.41 Å². The van der Waals surface area contributed by atoms with Crippen LogP contribution in [0.2, 0.25) is 0 Å². The topological polar surface area (TPSA) is 37.0 Å². The van der Waals surface area contributed by atoms with Gasteiger partial charge in [0.1, 0.15) is 0 Å². The van der Waals surface area contributed by atoms with E-state index in [1.165, 1.54) is 25.7 Å². The normalized spacial score (nSPS) is 17.0. The van der Waals surface area contributed by atoms with Gasteiger partial charge < -0.3 is 10.6 Å². The molecule has 1 aromatic heterocycles. The third-order valence-corrected chi connectivity index (χ3v) is 4.52. The highest BCUT2D eigenvalue weighted by atomic mass is 19.1. The fourth-order valence-electron chi connectivity index (χ4n) is 3.01. The highest BCUT2D eigenvalue weighted by Gasteiger charge is 2.32. The van der Waals surface area contributed by atoms with E-state index in [-0.39, 0.29) is 17.1 Å². The lowest BCUT2D eigenvalue weighted by Crippen LogP contribution is -2.26. The third-order valence-electron chi connectivity index (χ3n) is 4.52. The Morgan fingerprint density at radius 2 is 1.71 bits per heavy atom. The summed E-state index contributed by atoms with van der Waals surface area (Å²) < 4.78 is 27.5. The van der Waals surface area contributed by atoms with Crippen molar-refractivity contribution in [2.45, 2.75) is 52.4 Å². The number of rotatable bonds is 7. The summed E-state index contributed by atoms with van der Waals surface area (Å²) in [5.41, 5.74) is 0.236. The molecular weight excluding hydrogens is 272 g/mol. The highest BCUT2D eigenvalue weighted by molar-refractivity contribution is 5.47. The van der Waals surface area contributed by atoms with Gasteiger partial charge in [-0.25, -0.2) is 13.8 Å². The third kappa shape index (κ3) is 3.83. The first-order valence-electron chi connectivity index (χ1n) is 7.94. The summed E-state index contributed by atoms with van der Waals surface area (Å²) in [5, 5.41) is 5.99. The molecule has 0 spiro atoms. The van der Waals surface area contributed by atoms with E-state index in [0.29, 0.717) is 13.1 Å². The molecule has 3 nitrogen and oxygen atoms in total. The predicted molar refractivity (Wildman–Crippen MR) is 82.6 cm³/mol. The second kappa shape index (κ2) is 7.05. The Hall–Kier alpha value is -1.39. The fraction of sp³-hybridized carbons (Fsp3) is 0.688. The van der Waals surface area contributed by atoms with Crippen LogP contribution >= 0.6 is 0 Å². The summed E-state index contributed by atoms with van der Waals surface area (Å²) in [6.45, 7) is 5.48. The van der Waals surface area contributed by atoms with Crippen molar-refractivity contribution in [2.75, 3.05) is 23.7 Å². The van der Waals surface area contributed by atoms with Crippen LogP contribution in [-0.2, 0) is 0 Å². The molecule has 0 saturated heterocycles. The minimum absolute atomic E-state index is 0.123. The number of nitrogens with zero attached hydrogens (tertiary/aromatic N) is 1. The number of halogens is 2. The van der Waals surface area contributed by atoms with Gasteiger partial charge in [0.25, 0.3) is 0 Å². The molecule has 0 atom stereocenters. The van der Waals surface area contributed by atoms with Crippen LogP contribution in [0.15, 0.2) is 6.07 Å². The summed E-state index contributed by atoms with van der Waals surface area (Å²) in [6.07, 6.45) is 6.74. The maximum absolute atomic E-state index is 13.9. The monoisotopic (exact) mass is 297 g/mol. The van der Waals surface area contributed by atoms with E-state index in [1.807, 2.05) is 6.92 Å². The van der Waals surface area contributed by atoms with Crippen LogP contribution in [0.25, 0.3) is 0 Å². The second-order valence-electron chi connectivity index (χ2n) is 5.99. The maximum atomic E-state index is 13.9. The molecule has 21 heavy (non-hydrogen) atoms. The average molecular weight is 297 g/mol. The van der Waals surface area contributed by atoms with Crippen LogP contribution in [0.5, 0.6) is 0 Å². The molecule has 1 saturated carbocycles. The first kappa shape index (κ1) is 16.0. The zero-order valence-electron chi connectivity index (χ0n) is 12.9. The van der Waals surface area contributed by atoms with Gasteiger partial charge in [-0.1, -0.05) is 26.7 Å². The van der Waals surface area contributed by atoms with E-state index in [2.05, 4.69) is 22.5 Å². The Labute approximate surface area is 125 Å². The van der Waals surface area contributed by atoms with Gasteiger partial charge in [-0.2, -0.15) is 0 Å². The van der Waals surface area contributed by atoms with Crippen molar-refractivity contribution in [1.29, 1.82) is 0 Å². The Morgan fingerprint density at radius 1 is 1.10 bits per heavy atom. The van der Waals surface area contributed by atoms with Crippen molar-refractivity contribution in [3.05, 3.63) is 17.7 Å². The number of anilines is 2. The van der Waals surface area contributed by atoms with Gasteiger partial charge in [0, 0.05) is 19.2 Å². The summed E-state index contributed by atoms with van der Waals surface area (Å²) >= 11 is 0. The molecule has 1 aromatic rings. The zero-order valence-corrected chi connectivity index (χ0v) is 12.9. The highest BCUT2D eigenvalue weighted by Crippen LogP contribution is 2.41. The number of pyridine rings is 1. The van der Waals surface area contributed by atoms with E-state index in [4.69, 9.17) is 0 Å². The van der Waals surface area contributed by atoms with Crippen molar-refractivity contribution in [3.63, 3.8) is 0 Å². The number of hydrogen-bond acceptors (Lipinski definition) is 3. The lowest BCUT2D eigenvalue weighted by atomic mass is 9.83. The van der Waals surface area contributed by atoms with Crippen molar-refractivity contribution >= 4 is 11.6 Å². The van der Waals surface area contributed by atoms with Crippen LogP contribution in [0.1, 0.15) is 52.4 Å². The first-order chi connectivity index (χ1) is 10.1. The lowest BCUT2D eigenvalue weighted by Gasteiger charge is -2.28. The van der Waals surface area contributed by atoms with Gasteiger partial charge in [-0.15, -0.1) is 0 Å². The molecule has 1 fully saturated rings. The molecule has 118 valence electrons. The van der Waals surface area contributed by atoms with Crippen LogP contribution < -0.4 is 10.6 Å². The standard InChI is InChI=1S/C16H25F2N3/c1-3-9-19-14-12(17)10-13(18)15(21-14)20-11-16(4-2)7-5-6-8-16/h10H,3-9,11H2,1-2H3,(H2,19,20,21). The van der Waals surface area contributed by atoms with E-state index in [0.717, 1.165) is 18.9 Å². The minimum atomic E-state index is -0.641. The van der Waals surface area contributed by atoms with E-state index in [1.54, 1.807) is 0 Å². The van der Waals surface area contributed by atoms with E-state index >= 15 is 0 Å². The minimum Gasteiger partial charge on any atom is -0.368 e. The predicted octanol–water partition coefficient (Wildman–Crippen LogP) is 4.56. The van der Waals surface area contributed by atoms with Gasteiger partial charge in [-0.05, 0) is 31.1 Å². The molecule has 5 heteroatoms. The van der Waals surface area contributed by atoms with Gasteiger partial charge in [0.15, 0.2) is 23.3 Å². The van der Waals surface area contributed by atoms with E-state index < -0.39 is 11.6 Å². The quantitative estimate of drug-likeness (QED) is 0.774. The largest absolute Gasteiger partial charge is 0.368 e. The molecule has 2 N–H and O–H groups in total. The van der Waals surface area contributed by atoms with Crippen molar-refractivity contribution in [1.82, 2.24) is 4.98 Å². The Morgan fingerprint density at radius 3 is 2.29 bits per heavy atom. The molecule has 2 rings (SSSR count). The van der Waals surface area contributed by atoms with Crippen molar-refractivity contribution in [3.8, 4) is 0 Å². The SMILES string of the molecule is CCCNc1nc(NCC2(CC)CCCC2)c(F)cc1F. The molecule has 0 aliphatic heterocycles. The Kier molecular flexibility index (Phi) is 5.37. The molecule has 1 heterocycles. The van der Waals surface area contributed by atoms with Crippen LogP contribution in [0.3, 0.4) is 0 Å². The molecule has 0 amide bonds. The molecule has 0 unspecified atom stereocenters. The number of nitrogens with one attached hydrogen (secondary N) is 2. The van der Waals surface area contributed by atoms with Gasteiger partial charge in [-0.3, -0.25) is 0 Å². The first-order valence-corrected chi connectivity index (χ1v) is 7.94. The van der Waals surface area contributed by atoms with Gasteiger partial charge in [0.2, 0.25) is 0 Å². The average Bonchev–Trinajstić information content (AvgIpc) is 2.95. The molecular formula is C16H25F2N3. The van der Waals surface area contributed by atoms with Crippen LogP contribution in [0.4, 0.5) is 20.4 Å². The van der Waals surface area contributed by atoms with Gasteiger partial charge in [0.05, 0.1) is 0 Å². The lowest BCUT2D eigenvalue weighted by molar-refractivity contribution is 0.306. The van der Waals surface area contributed by atoms with Crippen LogP contribution in [-0.4, -0.2) is 18.1 Å². The summed E-state index contributed by atoms with van der Waals surface area (Å²) in [4.78, 5) is 4.06. The second-order valence-corrected chi connectivity index (χ2v) is 5.99. The Bertz CT molecular complexity index is 471. The summed E-state index contributed by atoms with van der Waals surface area (Å²) in [6, 6.07) is 0.903. The number of hydrogen-bond donors (Lipinski definition) is 2. The fourth-order valence-corrected chi connectivity index (χ4v) is 3.01. The Balaban J connectivity index is 2.08. The van der Waals surface area contributed by atoms with Gasteiger partial charge >= 0.3 is 0 Å². The summed E-state index contributed by atoms with van der Waals surface area (Å²) in [5.74, 6) is -0.996. The van der Waals surface area contributed by atoms with Crippen LogP contribution in [0, 0.1) is 17.0 Å². The molecule has 0 bridgehead atoms.